The predicted molar refractivity (Wildman–Crippen MR) is 70.8 cm³/mol. The van der Waals surface area contributed by atoms with E-state index in [0.717, 1.165) is 4.90 Å². The number of methoxy groups -OCH3 is 1. The van der Waals surface area contributed by atoms with Crippen LogP contribution in [0.25, 0.3) is 0 Å². The fourth-order valence-corrected chi connectivity index (χ4v) is 2.83. The Kier molecular flexibility index (Phi) is 4.09. The molecule has 0 bridgehead atoms. The number of amides is 1. The summed E-state index contributed by atoms with van der Waals surface area (Å²) in [5.41, 5.74) is 0.0689. The van der Waals surface area contributed by atoms with Gasteiger partial charge in [0.15, 0.2) is 5.69 Å². The van der Waals surface area contributed by atoms with Gasteiger partial charge in [0.1, 0.15) is 12.1 Å². The molecule has 0 saturated carbocycles. The van der Waals surface area contributed by atoms with Crippen molar-refractivity contribution < 1.29 is 23.0 Å². The summed E-state index contributed by atoms with van der Waals surface area (Å²) in [5, 5.41) is 7.74. The Bertz CT molecular complexity index is 551. The lowest BCUT2D eigenvalue weighted by atomic mass is 10.1. The maximum Gasteiger partial charge on any atom is 0.276 e. The van der Waals surface area contributed by atoms with Crippen LogP contribution in [0, 0.1) is 0 Å². The van der Waals surface area contributed by atoms with E-state index in [1.54, 1.807) is 7.11 Å². The highest BCUT2D eigenvalue weighted by Crippen LogP contribution is 2.27. The number of ether oxygens (including phenoxy) is 2. The topological polar surface area (TPSA) is 69.5 Å². The van der Waals surface area contributed by atoms with Crippen LogP contribution < -0.4 is 0 Å². The number of alkyl halides is 2. The Labute approximate surface area is 126 Å². The monoisotopic (exact) mass is 316 g/mol. The van der Waals surface area contributed by atoms with Gasteiger partial charge in [-0.2, -0.15) is 0 Å². The Morgan fingerprint density at radius 3 is 3.05 bits per heavy atom. The number of hydrogen-bond donors (Lipinski definition) is 0. The van der Waals surface area contributed by atoms with Crippen molar-refractivity contribution in [3.8, 4) is 0 Å². The third-order valence-corrected chi connectivity index (χ3v) is 4.05. The van der Waals surface area contributed by atoms with Crippen LogP contribution in [-0.2, 0) is 9.47 Å². The fraction of sp³-hybridized carbons (Fsp3) is 0.769. The van der Waals surface area contributed by atoms with E-state index in [-0.39, 0.29) is 30.7 Å². The second kappa shape index (κ2) is 5.88. The van der Waals surface area contributed by atoms with Crippen LogP contribution >= 0.6 is 0 Å². The zero-order valence-corrected chi connectivity index (χ0v) is 12.2. The van der Waals surface area contributed by atoms with E-state index in [9.17, 15) is 13.6 Å². The molecular weight excluding hydrogens is 298 g/mol. The molecular formula is C13H18F2N4O3. The largest absolute Gasteiger partial charge is 0.377 e. The summed E-state index contributed by atoms with van der Waals surface area (Å²) in [6.45, 7) is 0.611. The summed E-state index contributed by atoms with van der Waals surface area (Å²) in [6, 6.07) is -0.165. The molecule has 22 heavy (non-hydrogen) atoms. The van der Waals surface area contributed by atoms with E-state index in [1.807, 2.05) is 0 Å². The third-order valence-electron chi connectivity index (χ3n) is 4.05. The molecule has 0 spiro atoms. The average Bonchev–Trinajstić information content (AvgIpc) is 3.13. The molecule has 2 fully saturated rings. The number of hydrogen-bond acceptors (Lipinski definition) is 5. The van der Waals surface area contributed by atoms with Crippen LogP contribution in [-0.4, -0.2) is 71.2 Å². The standard InChI is InChI=1S/C13H18F2N4O3/c1-21-11-7-22-6-10(11)19-5-9(16-17-19)12(20)18-4-2-3-13(14,15)8-18/h5,10-11H,2-4,6-8H2,1H3/t10-,11-/m1/s1. The van der Waals surface area contributed by atoms with Gasteiger partial charge in [0.25, 0.3) is 11.8 Å². The highest BCUT2D eigenvalue weighted by atomic mass is 19.3. The molecule has 0 unspecified atom stereocenters. The molecule has 2 aliphatic heterocycles. The lowest BCUT2D eigenvalue weighted by Crippen LogP contribution is -2.45. The smallest absolute Gasteiger partial charge is 0.276 e. The van der Waals surface area contributed by atoms with E-state index < -0.39 is 18.4 Å². The quantitative estimate of drug-likeness (QED) is 0.822. The summed E-state index contributed by atoms with van der Waals surface area (Å²) >= 11 is 0. The molecule has 0 radical (unpaired) electrons. The summed E-state index contributed by atoms with van der Waals surface area (Å²) < 4.78 is 38.9. The Morgan fingerprint density at radius 2 is 2.32 bits per heavy atom. The molecule has 1 aromatic heterocycles. The maximum atomic E-state index is 13.4. The lowest BCUT2D eigenvalue weighted by molar-refractivity contribution is -0.0561. The van der Waals surface area contributed by atoms with Gasteiger partial charge in [0.2, 0.25) is 0 Å². The normalized spacial score (nSPS) is 28.0. The van der Waals surface area contributed by atoms with Gasteiger partial charge in [-0.25, -0.2) is 13.5 Å². The van der Waals surface area contributed by atoms with E-state index in [4.69, 9.17) is 9.47 Å². The van der Waals surface area contributed by atoms with Gasteiger partial charge in [-0.15, -0.1) is 5.10 Å². The van der Waals surface area contributed by atoms with Crippen molar-refractivity contribution in [3.05, 3.63) is 11.9 Å². The minimum atomic E-state index is -2.83. The van der Waals surface area contributed by atoms with E-state index in [1.165, 1.54) is 10.9 Å². The van der Waals surface area contributed by atoms with Crippen LogP contribution in [0.15, 0.2) is 6.20 Å². The summed E-state index contributed by atoms with van der Waals surface area (Å²) in [6.07, 6.45) is 1.41. The first-order valence-corrected chi connectivity index (χ1v) is 7.20. The molecule has 2 aliphatic rings. The second-order valence-electron chi connectivity index (χ2n) is 5.65. The Balaban J connectivity index is 1.72. The van der Waals surface area contributed by atoms with Crippen molar-refractivity contribution in [2.75, 3.05) is 33.4 Å². The number of carbonyl (C=O) groups excluding carboxylic acids is 1. The van der Waals surface area contributed by atoms with Crippen molar-refractivity contribution in [2.45, 2.75) is 30.9 Å². The second-order valence-corrected chi connectivity index (χ2v) is 5.65. The van der Waals surface area contributed by atoms with Gasteiger partial charge in [-0.3, -0.25) is 4.79 Å². The molecule has 9 heteroatoms. The van der Waals surface area contributed by atoms with Crippen molar-refractivity contribution >= 4 is 5.91 Å². The number of nitrogens with zero attached hydrogens (tertiary/aromatic N) is 4. The van der Waals surface area contributed by atoms with Crippen LogP contribution in [0.2, 0.25) is 0 Å². The van der Waals surface area contributed by atoms with Crippen LogP contribution in [0.3, 0.4) is 0 Å². The van der Waals surface area contributed by atoms with Crippen LogP contribution in [0.1, 0.15) is 29.4 Å². The molecule has 0 aliphatic carbocycles. The molecule has 7 nitrogen and oxygen atoms in total. The summed E-state index contributed by atoms with van der Waals surface area (Å²) in [5.74, 6) is -3.34. The zero-order chi connectivity index (χ0) is 15.7. The SMILES string of the molecule is CO[C@@H]1COC[C@H]1n1cc(C(=O)N2CCCC(F)(F)C2)nn1. The number of halogens is 2. The molecule has 3 rings (SSSR count). The van der Waals surface area contributed by atoms with Crippen molar-refractivity contribution in [1.29, 1.82) is 0 Å². The highest BCUT2D eigenvalue weighted by molar-refractivity contribution is 5.92. The molecule has 122 valence electrons. The maximum absolute atomic E-state index is 13.4. The van der Waals surface area contributed by atoms with Crippen molar-refractivity contribution in [2.24, 2.45) is 0 Å². The lowest BCUT2D eigenvalue weighted by Gasteiger charge is -2.31. The van der Waals surface area contributed by atoms with E-state index >= 15 is 0 Å². The molecule has 3 heterocycles. The minimum absolute atomic E-state index is 0.0689. The molecule has 1 amide bonds. The number of rotatable bonds is 3. The number of aromatic nitrogens is 3. The highest BCUT2D eigenvalue weighted by Gasteiger charge is 2.38. The Hall–Kier alpha value is -1.61. The van der Waals surface area contributed by atoms with Crippen LogP contribution in [0.4, 0.5) is 8.78 Å². The van der Waals surface area contributed by atoms with Gasteiger partial charge < -0.3 is 14.4 Å². The van der Waals surface area contributed by atoms with Gasteiger partial charge >= 0.3 is 0 Å². The van der Waals surface area contributed by atoms with Crippen molar-refractivity contribution in [3.63, 3.8) is 0 Å². The first kappa shape index (κ1) is 15.3. The summed E-state index contributed by atoms with van der Waals surface area (Å²) in [7, 11) is 1.57. The minimum Gasteiger partial charge on any atom is -0.377 e. The van der Waals surface area contributed by atoms with Crippen LogP contribution in [0.5, 0.6) is 0 Å². The first-order chi connectivity index (χ1) is 10.5. The van der Waals surface area contributed by atoms with Gasteiger partial charge in [-0.1, -0.05) is 5.21 Å². The van der Waals surface area contributed by atoms with E-state index in [2.05, 4.69) is 10.3 Å². The van der Waals surface area contributed by atoms with Crippen molar-refractivity contribution in [1.82, 2.24) is 19.9 Å². The fourth-order valence-electron chi connectivity index (χ4n) is 2.83. The van der Waals surface area contributed by atoms with E-state index in [0.29, 0.717) is 19.8 Å². The third kappa shape index (κ3) is 2.95. The molecule has 1 aromatic rings. The molecule has 0 N–H and O–H groups in total. The number of carbonyl (C=O) groups is 1. The zero-order valence-electron chi connectivity index (χ0n) is 12.2. The average molecular weight is 316 g/mol. The number of piperidine rings is 1. The molecule has 2 saturated heterocycles. The van der Waals surface area contributed by atoms with Gasteiger partial charge in [0, 0.05) is 20.1 Å². The molecule has 2 atom stereocenters. The predicted octanol–water partition coefficient (Wildman–Crippen LogP) is 0.736. The summed E-state index contributed by atoms with van der Waals surface area (Å²) in [4.78, 5) is 13.4. The molecule has 0 aromatic carbocycles. The van der Waals surface area contributed by atoms with Gasteiger partial charge in [0.05, 0.1) is 26.0 Å². The van der Waals surface area contributed by atoms with Gasteiger partial charge in [-0.05, 0) is 6.42 Å². The number of likely N-dealkylation sites (tertiary alicyclic amines) is 1. The first-order valence-electron chi connectivity index (χ1n) is 7.20. The Morgan fingerprint density at radius 1 is 1.50 bits per heavy atom.